The standard InChI is InChI=1S/C30H37ClFN6O7P/c1-17(2)43-29(40)18(3)36-46(41,45-22-13-9-11-20-10-7-8-12-21(20)22)42-15-30(14-31)25(39)23(32)28(44-30)38-16-33-24-26(37(5)6)34-19(4)35-27(24)38/h7-13,16-18,23,25,28,39H,14-15H2,1-6H3,(H,36,41)/t18-,23-,25-,28+,30+,46-/m0/s1. The van der Waals surface area contributed by atoms with Crippen molar-refractivity contribution in [3.05, 3.63) is 54.6 Å². The molecule has 1 aliphatic rings. The number of esters is 1. The molecular formula is C30H37ClFN6O7P. The number of nitrogens with zero attached hydrogens (tertiary/aromatic N) is 5. The molecule has 0 bridgehead atoms. The van der Waals surface area contributed by atoms with Crippen LogP contribution >= 0.6 is 19.3 Å². The summed E-state index contributed by atoms with van der Waals surface area (Å²) in [7, 11) is -0.882. The average molecular weight is 679 g/mol. The summed E-state index contributed by atoms with van der Waals surface area (Å²) in [6.45, 7) is 5.81. The molecule has 5 rings (SSSR count). The molecule has 1 aliphatic heterocycles. The number of imidazole rings is 1. The molecule has 6 atom stereocenters. The van der Waals surface area contributed by atoms with E-state index in [-0.39, 0.29) is 11.4 Å². The number of nitrogens with one attached hydrogen (secondary N) is 1. The van der Waals surface area contributed by atoms with Crippen molar-refractivity contribution in [3.63, 3.8) is 0 Å². The number of ether oxygens (including phenoxy) is 2. The SMILES string of the molecule is Cc1nc(N(C)C)c2ncn([C@@H]3O[C@](CCl)(CO[P@@](=O)(N[C@@H](C)C(=O)OC(C)C)Oc4cccc5ccccc45)[C@@H](O)[C@@H]3F)c2n1. The van der Waals surface area contributed by atoms with Crippen LogP contribution in [0.3, 0.4) is 0 Å². The molecule has 16 heteroatoms. The minimum absolute atomic E-state index is 0.198. The van der Waals surface area contributed by atoms with Crippen LogP contribution in [-0.4, -0.2) is 87.2 Å². The smallest absolute Gasteiger partial charge is 0.459 e. The number of fused-ring (bicyclic) bond motifs is 2. The molecule has 0 spiro atoms. The van der Waals surface area contributed by atoms with Gasteiger partial charge in [-0.05, 0) is 39.1 Å². The summed E-state index contributed by atoms with van der Waals surface area (Å²) in [4.78, 5) is 27.6. The van der Waals surface area contributed by atoms with Gasteiger partial charge in [-0.2, -0.15) is 5.09 Å². The highest BCUT2D eigenvalue weighted by atomic mass is 35.5. The lowest BCUT2D eigenvalue weighted by atomic mass is 9.99. The third-order valence-electron chi connectivity index (χ3n) is 7.41. The van der Waals surface area contributed by atoms with Gasteiger partial charge in [-0.25, -0.2) is 23.9 Å². The highest BCUT2D eigenvalue weighted by Crippen LogP contribution is 2.50. The first-order chi connectivity index (χ1) is 21.8. The lowest BCUT2D eigenvalue weighted by Crippen LogP contribution is -2.48. The molecule has 2 aromatic carbocycles. The molecule has 0 amide bonds. The summed E-state index contributed by atoms with van der Waals surface area (Å²) >= 11 is 6.33. The van der Waals surface area contributed by atoms with Gasteiger partial charge in [0.05, 0.1) is 24.9 Å². The van der Waals surface area contributed by atoms with E-state index in [9.17, 15) is 14.5 Å². The molecule has 248 valence electrons. The number of rotatable bonds is 12. The zero-order chi connectivity index (χ0) is 33.4. The Balaban J connectivity index is 1.46. The van der Waals surface area contributed by atoms with Crippen LogP contribution < -0.4 is 14.5 Å². The second-order valence-corrected chi connectivity index (χ2v) is 13.5. The van der Waals surface area contributed by atoms with Crippen LogP contribution in [-0.2, 0) is 23.4 Å². The Bertz CT molecular complexity index is 1770. The van der Waals surface area contributed by atoms with Crippen molar-refractivity contribution >= 4 is 53.1 Å². The number of anilines is 1. The van der Waals surface area contributed by atoms with Gasteiger partial charge in [-0.3, -0.25) is 13.9 Å². The van der Waals surface area contributed by atoms with Crippen LogP contribution in [0.4, 0.5) is 10.2 Å². The van der Waals surface area contributed by atoms with Gasteiger partial charge >= 0.3 is 13.7 Å². The normalized spacial score (nSPS) is 23.5. The van der Waals surface area contributed by atoms with Crippen molar-refractivity contribution in [1.29, 1.82) is 0 Å². The second kappa shape index (κ2) is 13.4. The summed E-state index contributed by atoms with van der Waals surface area (Å²) in [5.74, 6) is -0.0151. The molecule has 1 fully saturated rings. The lowest BCUT2D eigenvalue weighted by molar-refractivity contribution is -0.149. The summed E-state index contributed by atoms with van der Waals surface area (Å²) in [6.07, 6.45) is -4.34. The van der Waals surface area contributed by atoms with Gasteiger partial charge in [0.15, 0.2) is 29.4 Å². The zero-order valence-electron chi connectivity index (χ0n) is 26.3. The van der Waals surface area contributed by atoms with Crippen molar-refractivity contribution in [1.82, 2.24) is 24.6 Å². The molecule has 1 saturated heterocycles. The van der Waals surface area contributed by atoms with Crippen LogP contribution in [0.25, 0.3) is 21.9 Å². The van der Waals surface area contributed by atoms with Crippen molar-refractivity contribution in [2.45, 2.75) is 63.9 Å². The van der Waals surface area contributed by atoms with E-state index in [4.69, 9.17) is 30.1 Å². The van der Waals surface area contributed by atoms with Crippen LogP contribution in [0.1, 0.15) is 32.8 Å². The van der Waals surface area contributed by atoms with E-state index in [1.807, 2.05) is 18.2 Å². The lowest BCUT2D eigenvalue weighted by Gasteiger charge is -2.31. The maximum absolute atomic E-state index is 15.9. The Morgan fingerprint density at radius 3 is 2.63 bits per heavy atom. The number of benzene rings is 2. The van der Waals surface area contributed by atoms with E-state index >= 15 is 4.39 Å². The van der Waals surface area contributed by atoms with Crippen molar-refractivity contribution in [2.75, 3.05) is 31.5 Å². The predicted octanol–water partition coefficient (Wildman–Crippen LogP) is 4.69. The fourth-order valence-electron chi connectivity index (χ4n) is 5.12. The first-order valence-electron chi connectivity index (χ1n) is 14.6. The monoisotopic (exact) mass is 678 g/mol. The van der Waals surface area contributed by atoms with Gasteiger partial charge in [0.2, 0.25) is 0 Å². The molecule has 2 N–H and O–H groups in total. The molecule has 0 aliphatic carbocycles. The summed E-state index contributed by atoms with van der Waals surface area (Å²) in [5.41, 5.74) is -1.21. The van der Waals surface area contributed by atoms with Gasteiger partial charge in [-0.15, -0.1) is 11.6 Å². The maximum atomic E-state index is 15.9. The van der Waals surface area contributed by atoms with E-state index in [1.54, 1.807) is 64.0 Å². The first kappa shape index (κ1) is 34.0. The van der Waals surface area contributed by atoms with Crippen LogP contribution in [0.15, 0.2) is 48.8 Å². The van der Waals surface area contributed by atoms with Gasteiger partial charge in [-0.1, -0.05) is 36.4 Å². The Hall–Kier alpha value is -3.39. The molecule has 46 heavy (non-hydrogen) atoms. The van der Waals surface area contributed by atoms with Gasteiger partial charge in [0.1, 0.15) is 29.3 Å². The van der Waals surface area contributed by atoms with E-state index < -0.39 is 62.5 Å². The van der Waals surface area contributed by atoms with Crippen molar-refractivity contribution < 1.29 is 37.4 Å². The second-order valence-electron chi connectivity index (χ2n) is 11.6. The van der Waals surface area contributed by atoms with Crippen LogP contribution in [0.2, 0.25) is 0 Å². The number of hydrogen-bond donors (Lipinski definition) is 2. The minimum Gasteiger partial charge on any atom is -0.462 e. The van der Waals surface area contributed by atoms with E-state index in [0.29, 0.717) is 22.5 Å². The highest BCUT2D eigenvalue weighted by Gasteiger charge is 2.57. The highest BCUT2D eigenvalue weighted by molar-refractivity contribution is 7.52. The Morgan fingerprint density at radius 2 is 1.93 bits per heavy atom. The van der Waals surface area contributed by atoms with Gasteiger partial charge in [0, 0.05) is 19.5 Å². The van der Waals surface area contributed by atoms with Crippen molar-refractivity contribution in [2.24, 2.45) is 0 Å². The largest absolute Gasteiger partial charge is 0.462 e. The molecule has 0 radical (unpaired) electrons. The Kier molecular flexibility index (Phi) is 9.88. The fourth-order valence-corrected chi connectivity index (χ4v) is 6.98. The molecule has 0 unspecified atom stereocenters. The number of hydrogen-bond acceptors (Lipinski definition) is 11. The van der Waals surface area contributed by atoms with E-state index in [1.165, 1.54) is 17.8 Å². The molecule has 4 aromatic rings. The summed E-state index contributed by atoms with van der Waals surface area (Å²) in [6, 6.07) is 11.3. The van der Waals surface area contributed by atoms with Crippen LogP contribution in [0.5, 0.6) is 5.75 Å². The number of aliphatic hydroxyl groups is 1. The number of aryl methyl sites for hydroxylation is 1. The number of carbonyl (C=O) groups excluding carboxylic acids is 1. The Morgan fingerprint density at radius 1 is 1.22 bits per heavy atom. The number of alkyl halides is 2. The Labute approximate surface area is 270 Å². The minimum atomic E-state index is -4.46. The third-order valence-corrected chi connectivity index (χ3v) is 9.47. The van der Waals surface area contributed by atoms with E-state index in [2.05, 4.69) is 20.0 Å². The van der Waals surface area contributed by atoms with Gasteiger partial charge in [0.25, 0.3) is 0 Å². The predicted molar refractivity (Wildman–Crippen MR) is 171 cm³/mol. The van der Waals surface area contributed by atoms with Crippen LogP contribution in [0, 0.1) is 6.92 Å². The molecule has 13 nitrogen and oxygen atoms in total. The maximum Gasteiger partial charge on any atom is 0.459 e. The number of aliphatic hydroxyl groups excluding tert-OH is 1. The third kappa shape index (κ3) is 6.69. The number of aromatic nitrogens is 4. The fraction of sp³-hybridized carbons (Fsp3) is 0.467. The summed E-state index contributed by atoms with van der Waals surface area (Å²) in [5, 5.41) is 15.2. The summed E-state index contributed by atoms with van der Waals surface area (Å²) < 4.78 is 54.8. The first-order valence-corrected chi connectivity index (χ1v) is 16.7. The zero-order valence-corrected chi connectivity index (χ0v) is 27.9. The molecule has 2 aromatic heterocycles. The van der Waals surface area contributed by atoms with Gasteiger partial charge < -0.3 is 24.0 Å². The van der Waals surface area contributed by atoms with Crippen molar-refractivity contribution in [3.8, 4) is 5.75 Å². The number of halogens is 2. The quantitative estimate of drug-likeness (QED) is 0.122. The molecular weight excluding hydrogens is 642 g/mol. The molecule has 0 saturated carbocycles. The average Bonchev–Trinajstić information content (AvgIpc) is 3.53. The topological polar surface area (TPSA) is 150 Å². The van der Waals surface area contributed by atoms with E-state index in [0.717, 1.165) is 5.39 Å². The molecule has 3 heterocycles. The number of carbonyl (C=O) groups is 1.